The Labute approximate surface area is 147 Å². The Balaban J connectivity index is 1.77. The number of nitrogens with one attached hydrogen (secondary N) is 1. The molecule has 0 saturated heterocycles. The van der Waals surface area contributed by atoms with Crippen molar-refractivity contribution in [3.63, 3.8) is 0 Å². The van der Waals surface area contributed by atoms with E-state index in [9.17, 15) is 14.9 Å². The molecule has 1 amide bonds. The van der Waals surface area contributed by atoms with Crippen molar-refractivity contribution < 1.29 is 23.3 Å². The van der Waals surface area contributed by atoms with Gasteiger partial charge in [0.25, 0.3) is 5.69 Å². The van der Waals surface area contributed by atoms with E-state index in [1.807, 2.05) is 0 Å². The standard InChI is InChI=1S/C17H13N3O6/c1-24-11-4-6-13(14(9-11)20(22)23)15-7-5-12(26-15)10-18-19-17(21)16-3-2-8-25-16/h2-10H,1H3,(H,19,21)/b18-10+. The van der Waals surface area contributed by atoms with Gasteiger partial charge in [-0.2, -0.15) is 5.10 Å². The van der Waals surface area contributed by atoms with Crippen molar-refractivity contribution >= 4 is 17.8 Å². The monoisotopic (exact) mass is 355 g/mol. The van der Waals surface area contributed by atoms with E-state index in [0.29, 0.717) is 17.1 Å². The first-order chi connectivity index (χ1) is 12.6. The summed E-state index contributed by atoms with van der Waals surface area (Å²) >= 11 is 0. The Morgan fingerprint density at radius 2 is 2.15 bits per heavy atom. The summed E-state index contributed by atoms with van der Waals surface area (Å²) < 4.78 is 15.5. The number of amides is 1. The maximum absolute atomic E-state index is 11.7. The average Bonchev–Trinajstić information content (AvgIpc) is 3.33. The second-order valence-corrected chi connectivity index (χ2v) is 5.02. The number of hydrogen-bond donors (Lipinski definition) is 1. The zero-order valence-electron chi connectivity index (χ0n) is 13.5. The molecule has 1 aromatic carbocycles. The molecule has 0 fully saturated rings. The first-order valence-corrected chi connectivity index (χ1v) is 7.38. The van der Waals surface area contributed by atoms with Crippen LogP contribution in [0.5, 0.6) is 5.75 Å². The van der Waals surface area contributed by atoms with Crippen molar-refractivity contribution in [3.8, 4) is 17.1 Å². The topological polar surface area (TPSA) is 120 Å². The van der Waals surface area contributed by atoms with Crippen LogP contribution in [-0.4, -0.2) is 24.2 Å². The second kappa shape index (κ2) is 7.34. The Kier molecular flexibility index (Phi) is 4.79. The van der Waals surface area contributed by atoms with Gasteiger partial charge >= 0.3 is 5.91 Å². The Hall–Kier alpha value is -3.88. The summed E-state index contributed by atoms with van der Waals surface area (Å²) in [5.41, 5.74) is 2.44. The molecule has 2 heterocycles. The molecule has 0 aliphatic heterocycles. The van der Waals surface area contributed by atoms with Gasteiger partial charge in [0.2, 0.25) is 0 Å². The van der Waals surface area contributed by atoms with Crippen LogP contribution in [0.2, 0.25) is 0 Å². The number of benzene rings is 1. The third-order valence-corrected chi connectivity index (χ3v) is 3.40. The summed E-state index contributed by atoms with van der Waals surface area (Å²) in [6, 6.07) is 10.7. The molecule has 0 aliphatic carbocycles. The summed E-state index contributed by atoms with van der Waals surface area (Å²) in [5.74, 6) is 0.581. The van der Waals surface area contributed by atoms with Crippen molar-refractivity contribution in [2.75, 3.05) is 7.11 Å². The molecule has 0 aliphatic rings. The van der Waals surface area contributed by atoms with Gasteiger partial charge in [0.15, 0.2) is 5.76 Å². The maximum atomic E-state index is 11.7. The smallest absolute Gasteiger partial charge is 0.307 e. The number of nitrogens with zero attached hydrogens (tertiary/aromatic N) is 2. The predicted octanol–water partition coefficient (Wildman–Crippen LogP) is 3.22. The van der Waals surface area contributed by atoms with Gasteiger partial charge in [0.1, 0.15) is 17.3 Å². The second-order valence-electron chi connectivity index (χ2n) is 5.02. The number of carbonyl (C=O) groups excluding carboxylic acids is 1. The molecule has 0 spiro atoms. The van der Waals surface area contributed by atoms with Gasteiger partial charge in [-0.05, 0) is 36.4 Å². The Morgan fingerprint density at radius 3 is 2.85 bits per heavy atom. The minimum absolute atomic E-state index is 0.121. The van der Waals surface area contributed by atoms with Gasteiger partial charge in [-0.3, -0.25) is 14.9 Å². The van der Waals surface area contributed by atoms with Gasteiger partial charge in [0.05, 0.1) is 36.1 Å². The van der Waals surface area contributed by atoms with Crippen LogP contribution >= 0.6 is 0 Å². The molecule has 0 bridgehead atoms. The summed E-state index contributed by atoms with van der Waals surface area (Å²) in [7, 11) is 1.43. The lowest BCUT2D eigenvalue weighted by Crippen LogP contribution is -2.16. The molecular weight excluding hydrogens is 342 g/mol. The molecule has 3 aromatic rings. The van der Waals surface area contributed by atoms with Crippen molar-refractivity contribution in [2.45, 2.75) is 0 Å². The molecular formula is C17H13N3O6. The number of ether oxygens (including phenoxy) is 1. The molecule has 2 aromatic heterocycles. The minimum Gasteiger partial charge on any atom is -0.497 e. The molecule has 1 N–H and O–H groups in total. The van der Waals surface area contributed by atoms with E-state index in [0.717, 1.165) is 0 Å². The van der Waals surface area contributed by atoms with Crippen LogP contribution in [-0.2, 0) is 0 Å². The molecule has 0 saturated carbocycles. The molecule has 9 heteroatoms. The highest BCUT2D eigenvalue weighted by molar-refractivity contribution is 5.92. The minimum atomic E-state index is -0.516. The van der Waals surface area contributed by atoms with Crippen LogP contribution in [0, 0.1) is 10.1 Å². The largest absolute Gasteiger partial charge is 0.497 e. The molecule has 0 atom stereocenters. The van der Waals surface area contributed by atoms with E-state index in [2.05, 4.69) is 10.5 Å². The van der Waals surface area contributed by atoms with Gasteiger partial charge < -0.3 is 13.6 Å². The zero-order chi connectivity index (χ0) is 18.5. The van der Waals surface area contributed by atoms with E-state index in [-0.39, 0.29) is 17.2 Å². The number of furan rings is 2. The Bertz CT molecular complexity index is 959. The number of hydrazone groups is 1. The first-order valence-electron chi connectivity index (χ1n) is 7.38. The normalized spacial score (nSPS) is 10.8. The van der Waals surface area contributed by atoms with E-state index < -0.39 is 10.8 Å². The van der Waals surface area contributed by atoms with Gasteiger partial charge in [-0.25, -0.2) is 5.43 Å². The summed E-state index contributed by atoms with van der Waals surface area (Å²) in [5, 5.41) is 15.0. The predicted molar refractivity (Wildman–Crippen MR) is 91.1 cm³/mol. The maximum Gasteiger partial charge on any atom is 0.307 e. The van der Waals surface area contributed by atoms with E-state index in [1.54, 1.807) is 24.3 Å². The lowest BCUT2D eigenvalue weighted by molar-refractivity contribution is -0.384. The highest BCUT2D eigenvalue weighted by Crippen LogP contribution is 2.33. The summed E-state index contributed by atoms with van der Waals surface area (Å²) in [4.78, 5) is 22.4. The fourth-order valence-electron chi connectivity index (χ4n) is 2.18. The van der Waals surface area contributed by atoms with Crippen LogP contribution in [0.15, 0.2) is 62.7 Å². The Morgan fingerprint density at radius 1 is 1.31 bits per heavy atom. The lowest BCUT2D eigenvalue weighted by Gasteiger charge is -2.03. The third kappa shape index (κ3) is 3.61. The lowest BCUT2D eigenvalue weighted by atomic mass is 10.1. The summed E-state index contributed by atoms with van der Waals surface area (Å²) in [6.07, 6.45) is 2.65. The quantitative estimate of drug-likeness (QED) is 0.412. The van der Waals surface area contributed by atoms with Crippen LogP contribution in [0.1, 0.15) is 16.3 Å². The number of carbonyl (C=O) groups is 1. The van der Waals surface area contributed by atoms with Crippen molar-refractivity contribution in [1.82, 2.24) is 5.43 Å². The van der Waals surface area contributed by atoms with Gasteiger partial charge in [-0.15, -0.1) is 0 Å². The van der Waals surface area contributed by atoms with Crippen LogP contribution in [0.25, 0.3) is 11.3 Å². The van der Waals surface area contributed by atoms with Crippen molar-refractivity contribution in [1.29, 1.82) is 0 Å². The molecule has 0 unspecified atom stereocenters. The first kappa shape index (κ1) is 17.0. The SMILES string of the molecule is COc1ccc(-c2ccc(/C=N/NC(=O)c3ccco3)o2)c([N+](=O)[O-])c1. The number of nitro benzene ring substituents is 1. The zero-order valence-corrected chi connectivity index (χ0v) is 13.5. The fourth-order valence-corrected chi connectivity index (χ4v) is 2.18. The number of nitro groups is 1. The average molecular weight is 355 g/mol. The van der Waals surface area contributed by atoms with Crippen LogP contribution in [0.4, 0.5) is 5.69 Å². The van der Waals surface area contributed by atoms with Gasteiger partial charge in [-0.1, -0.05) is 0 Å². The number of rotatable bonds is 6. The molecule has 132 valence electrons. The summed E-state index contributed by atoms with van der Waals surface area (Å²) in [6.45, 7) is 0. The van der Waals surface area contributed by atoms with Crippen molar-refractivity contribution in [2.24, 2.45) is 5.10 Å². The fraction of sp³-hybridized carbons (Fsp3) is 0.0588. The van der Waals surface area contributed by atoms with Gasteiger partial charge in [0, 0.05) is 0 Å². The van der Waals surface area contributed by atoms with Crippen molar-refractivity contribution in [3.05, 3.63) is 70.4 Å². The third-order valence-electron chi connectivity index (χ3n) is 3.40. The highest BCUT2D eigenvalue weighted by Gasteiger charge is 2.19. The molecule has 0 radical (unpaired) electrons. The van der Waals surface area contributed by atoms with E-state index >= 15 is 0 Å². The molecule has 3 rings (SSSR count). The number of hydrogen-bond acceptors (Lipinski definition) is 7. The number of methoxy groups -OCH3 is 1. The van der Waals surface area contributed by atoms with E-state index in [1.165, 1.54) is 37.8 Å². The van der Waals surface area contributed by atoms with Crippen LogP contribution < -0.4 is 10.2 Å². The van der Waals surface area contributed by atoms with Crippen LogP contribution in [0.3, 0.4) is 0 Å². The highest BCUT2D eigenvalue weighted by atomic mass is 16.6. The van der Waals surface area contributed by atoms with E-state index in [4.69, 9.17) is 13.6 Å². The molecule has 9 nitrogen and oxygen atoms in total. The molecule has 26 heavy (non-hydrogen) atoms.